The van der Waals surface area contributed by atoms with E-state index in [1.807, 2.05) is 38.1 Å². The van der Waals surface area contributed by atoms with Gasteiger partial charge in [-0.05, 0) is 31.0 Å². The van der Waals surface area contributed by atoms with E-state index in [0.717, 1.165) is 6.42 Å². The van der Waals surface area contributed by atoms with E-state index < -0.39 is 0 Å². The van der Waals surface area contributed by atoms with Gasteiger partial charge >= 0.3 is 0 Å². The Bertz CT molecular complexity index is 736. The molecule has 1 amide bonds. The maximum atomic E-state index is 12.6. The monoisotopic (exact) mass is 341 g/mol. The Morgan fingerprint density at radius 3 is 2.76 bits per heavy atom. The lowest BCUT2D eigenvalue weighted by Crippen LogP contribution is -2.41. The Labute approximate surface area is 147 Å². The maximum Gasteiger partial charge on any atom is 0.255 e. The van der Waals surface area contributed by atoms with Gasteiger partial charge in [-0.2, -0.15) is 0 Å². The van der Waals surface area contributed by atoms with Crippen LogP contribution in [-0.2, 0) is 11.2 Å². The van der Waals surface area contributed by atoms with Crippen molar-refractivity contribution in [3.05, 3.63) is 47.5 Å². The third-order valence-electron chi connectivity index (χ3n) is 4.37. The summed E-state index contributed by atoms with van der Waals surface area (Å²) in [4.78, 5) is 27.1. The average Bonchev–Trinajstić information content (AvgIpc) is 3.02. The quantitative estimate of drug-likeness (QED) is 0.881. The SMILES string of the molecule is Cc1nc(N(C)C)ncc1C(=O)N[C@H]1COC[C@H]1Cc1ccncc1. The van der Waals surface area contributed by atoms with Gasteiger partial charge in [0.15, 0.2) is 0 Å². The van der Waals surface area contributed by atoms with E-state index in [4.69, 9.17) is 4.74 Å². The van der Waals surface area contributed by atoms with Gasteiger partial charge in [0.25, 0.3) is 5.91 Å². The number of pyridine rings is 1. The van der Waals surface area contributed by atoms with Crippen LogP contribution >= 0.6 is 0 Å². The summed E-state index contributed by atoms with van der Waals surface area (Å²) in [6.45, 7) is 2.99. The van der Waals surface area contributed by atoms with E-state index in [2.05, 4.69) is 20.3 Å². The van der Waals surface area contributed by atoms with Crippen molar-refractivity contribution in [1.29, 1.82) is 0 Å². The van der Waals surface area contributed by atoms with Gasteiger partial charge in [-0.1, -0.05) is 0 Å². The molecule has 0 spiro atoms. The molecule has 0 unspecified atom stereocenters. The van der Waals surface area contributed by atoms with Crippen LogP contribution in [0.2, 0.25) is 0 Å². The smallest absolute Gasteiger partial charge is 0.255 e. The highest BCUT2D eigenvalue weighted by molar-refractivity contribution is 5.95. The molecule has 1 fully saturated rings. The molecule has 0 aromatic carbocycles. The van der Waals surface area contributed by atoms with Gasteiger partial charge in [0.05, 0.1) is 30.5 Å². The predicted molar refractivity (Wildman–Crippen MR) is 94.6 cm³/mol. The summed E-state index contributed by atoms with van der Waals surface area (Å²) >= 11 is 0. The number of nitrogens with one attached hydrogen (secondary N) is 1. The Morgan fingerprint density at radius 1 is 1.32 bits per heavy atom. The molecule has 0 aliphatic carbocycles. The summed E-state index contributed by atoms with van der Waals surface area (Å²) < 4.78 is 5.59. The summed E-state index contributed by atoms with van der Waals surface area (Å²) in [6, 6.07) is 3.97. The van der Waals surface area contributed by atoms with Crippen molar-refractivity contribution >= 4 is 11.9 Å². The summed E-state index contributed by atoms with van der Waals surface area (Å²) in [5.74, 6) is 0.681. The highest BCUT2D eigenvalue weighted by atomic mass is 16.5. The van der Waals surface area contributed by atoms with E-state index in [1.165, 1.54) is 5.56 Å². The van der Waals surface area contributed by atoms with Crippen LogP contribution in [0.25, 0.3) is 0 Å². The first-order valence-corrected chi connectivity index (χ1v) is 8.33. The summed E-state index contributed by atoms with van der Waals surface area (Å²) in [5, 5.41) is 3.08. The summed E-state index contributed by atoms with van der Waals surface area (Å²) in [7, 11) is 3.74. The zero-order valence-corrected chi connectivity index (χ0v) is 14.8. The zero-order valence-electron chi connectivity index (χ0n) is 14.8. The average molecular weight is 341 g/mol. The van der Waals surface area contributed by atoms with Gasteiger partial charge in [-0.25, -0.2) is 9.97 Å². The van der Waals surface area contributed by atoms with Gasteiger partial charge in [0.2, 0.25) is 5.95 Å². The molecule has 1 N–H and O–H groups in total. The highest BCUT2D eigenvalue weighted by Crippen LogP contribution is 2.20. The molecular formula is C18H23N5O2. The molecule has 1 aliphatic heterocycles. The Morgan fingerprint density at radius 2 is 2.08 bits per heavy atom. The third-order valence-corrected chi connectivity index (χ3v) is 4.37. The third kappa shape index (κ3) is 4.11. The minimum Gasteiger partial charge on any atom is -0.379 e. The molecule has 0 saturated carbocycles. The normalized spacial score (nSPS) is 19.6. The lowest BCUT2D eigenvalue weighted by atomic mass is 9.95. The molecule has 132 valence electrons. The molecule has 25 heavy (non-hydrogen) atoms. The number of anilines is 1. The molecular weight excluding hydrogens is 318 g/mol. The highest BCUT2D eigenvalue weighted by Gasteiger charge is 2.30. The minimum atomic E-state index is -0.155. The molecule has 7 heteroatoms. The number of hydrogen-bond donors (Lipinski definition) is 1. The number of aromatic nitrogens is 3. The second-order valence-electron chi connectivity index (χ2n) is 6.50. The lowest BCUT2D eigenvalue weighted by Gasteiger charge is -2.20. The Balaban J connectivity index is 1.67. The fraction of sp³-hybridized carbons (Fsp3) is 0.444. The van der Waals surface area contributed by atoms with Crippen LogP contribution in [0.4, 0.5) is 5.95 Å². The number of carbonyl (C=O) groups is 1. The van der Waals surface area contributed by atoms with Gasteiger partial charge in [-0.3, -0.25) is 9.78 Å². The first kappa shape index (κ1) is 17.3. The number of aryl methyl sites for hydroxylation is 1. The number of rotatable bonds is 5. The largest absolute Gasteiger partial charge is 0.379 e. The molecule has 7 nitrogen and oxygen atoms in total. The maximum absolute atomic E-state index is 12.6. The van der Waals surface area contributed by atoms with E-state index in [9.17, 15) is 4.79 Å². The number of ether oxygens (including phenoxy) is 1. The van der Waals surface area contributed by atoms with Crippen molar-refractivity contribution in [3.63, 3.8) is 0 Å². The number of nitrogens with zero attached hydrogens (tertiary/aromatic N) is 4. The van der Waals surface area contributed by atoms with Gasteiger partial charge in [-0.15, -0.1) is 0 Å². The number of carbonyl (C=O) groups excluding carboxylic acids is 1. The van der Waals surface area contributed by atoms with E-state index >= 15 is 0 Å². The Kier molecular flexibility index (Phi) is 5.23. The molecule has 0 bridgehead atoms. The van der Waals surface area contributed by atoms with Crippen molar-refractivity contribution in [1.82, 2.24) is 20.3 Å². The van der Waals surface area contributed by atoms with Gasteiger partial charge in [0.1, 0.15) is 0 Å². The molecule has 1 aliphatic rings. The molecule has 2 aromatic rings. The standard InChI is InChI=1S/C18H23N5O2/c1-12-15(9-20-18(21-12)23(2)3)17(24)22-16-11-25-10-14(16)8-13-4-6-19-7-5-13/h4-7,9,14,16H,8,10-11H2,1-3H3,(H,22,24)/t14-,16+/m1/s1. The topological polar surface area (TPSA) is 80.2 Å². The van der Waals surface area contributed by atoms with E-state index in [0.29, 0.717) is 30.4 Å². The minimum absolute atomic E-state index is 0.0198. The number of amides is 1. The van der Waals surface area contributed by atoms with Crippen LogP contribution in [0.15, 0.2) is 30.7 Å². The van der Waals surface area contributed by atoms with Crippen LogP contribution in [-0.4, -0.2) is 54.2 Å². The molecule has 2 atom stereocenters. The van der Waals surface area contributed by atoms with Crippen LogP contribution < -0.4 is 10.2 Å². The summed E-state index contributed by atoms with van der Waals surface area (Å²) in [6.07, 6.45) is 6.00. The number of hydrogen-bond acceptors (Lipinski definition) is 6. The van der Waals surface area contributed by atoms with Crippen LogP contribution in [0.1, 0.15) is 21.6 Å². The van der Waals surface area contributed by atoms with Gasteiger partial charge < -0.3 is 15.0 Å². The van der Waals surface area contributed by atoms with Crippen LogP contribution in [0.3, 0.4) is 0 Å². The molecule has 0 radical (unpaired) electrons. The van der Waals surface area contributed by atoms with Crippen molar-refractivity contribution in [2.24, 2.45) is 5.92 Å². The van der Waals surface area contributed by atoms with Crippen LogP contribution in [0, 0.1) is 12.8 Å². The summed E-state index contributed by atoms with van der Waals surface area (Å²) in [5.41, 5.74) is 2.36. The van der Waals surface area contributed by atoms with Gasteiger partial charge in [0, 0.05) is 38.6 Å². The van der Waals surface area contributed by atoms with Crippen LogP contribution in [0.5, 0.6) is 0 Å². The second kappa shape index (κ2) is 7.57. The van der Waals surface area contributed by atoms with E-state index in [-0.39, 0.29) is 17.9 Å². The molecule has 3 heterocycles. The lowest BCUT2D eigenvalue weighted by molar-refractivity contribution is 0.0923. The first-order chi connectivity index (χ1) is 12.0. The molecule has 3 rings (SSSR count). The molecule has 1 saturated heterocycles. The first-order valence-electron chi connectivity index (χ1n) is 8.33. The molecule has 2 aromatic heterocycles. The second-order valence-corrected chi connectivity index (χ2v) is 6.50. The van der Waals surface area contributed by atoms with Crippen molar-refractivity contribution in [2.45, 2.75) is 19.4 Å². The fourth-order valence-electron chi connectivity index (χ4n) is 2.92. The fourth-order valence-corrected chi connectivity index (χ4v) is 2.92. The van der Waals surface area contributed by atoms with E-state index in [1.54, 1.807) is 18.6 Å². The van der Waals surface area contributed by atoms with Crippen molar-refractivity contribution in [2.75, 3.05) is 32.2 Å². The zero-order chi connectivity index (χ0) is 17.8. The predicted octanol–water partition coefficient (Wildman–Crippen LogP) is 1.23. The van der Waals surface area contributed by atoms with Crippen molar-refractivity contribution in [3.8, 4) is 0 Å². The van der Waals surface area contributed by atoms with Crippen molar-refractivity contribution < 1.29 is 9.53 Å². The Hall–Kier alpha value is -2.54.